The SMILES string of the molecule is CO[C@H]1C(=O)O[C@@H]([C@H](O)/C=C/c2ccccc2Br)C1O. The molecule has 108 valence electrons. The fourth-order valence-corrected chi connectivity index (χ4v) is 2.43. The Balaban J connectivity index is 2.08. The van der Waals surface area contributed by atoms with E-state index in [-0.39, 0.29) is 0 Å². The molecule has 1 aliphatic heterocycles. The Kier molecular flexibility index (Phi) is 4.93. The van der Waals surface area contributed by atoms with Crippen LogP contribution in [-0.4, -0.2) is 47.7 Å². The summed E-state index contributed by atoms with van der Waals surface area (Å²) in [5, 5.41) is 19.9. The lowest BCUT2D eigenvalue weighted by Gasteiger charge is -2.17. The van der Waals surface area contributed by atoms with Gasteiger partial charge < -0.3 is 19.7 Å². The summed E-state index contributed by atoms with van der Waals surface area (Å²) < 4.78 is 10.6. The molecule has 1 aliphatic rings. The topological polar surface area (TPSA) is 76.0 Å². The van der Waals surface area contributed by atoms with Gasteiger partial charge in [0.2, 0.25) is 0 Å². The number of carbonyl (C=O) groups is 1. The molecule has 0 radical (unpaired) electrons. The molecular formula is C14H15BrO5. The molecule has 1 aromatic carbocycles. The molecule has 2 N–H and O–H groups in total. The summed E-state index contributed by atoms with van der Waals surface area (Å²) in [4.78, 5) is 11.4. The van der Waals surface area contributed by atoms with Crippen LogP contribution < -0.4 is 0 Å². The van der Waals surface area contributed by atoms with Crippen molar-refractivity contribution >= 4 is 28.0 Å². The van der Waals surface area contributed by atoms with Gasteiger partial charge in [-0.25, -0.2) is 4.79 Å². The minimum atomic E-state index is -1.19. The third kappa shape index (κ3) is 3.09. The zero-order valence-corrected chi connectivity index (χ0v) is 12.4. The molecule has 0 aromatic heterocycles. The van der Waals surface area contributed by atoms with Crippen molar-refractivity contribution in [3.8, 4) is 0 Å². The van der Waals surface area contributed by atoms with Gasteiger partial charge in [-0.15, -0.1) is 0 Å². The summed E-state index contributed by atoms with van der Waals surface area (Å²) in [5.74, 6) is -0.668. The van der Waals surface area contributed by atoms with Gasteiger partial charge in [0.1, 0.15) is 12.2 Å². The Morgan fingerprint density at radius 3 is 2.75 bits per heavy atom. The summed E-state index contributed by atoms with van der Waals surface area (Å²) >= 11 is 3.38. The number of carbonyl (C=O) groups excluding carboxylic acids is 1. The van der Waals surface area contributed by atoms with Crippen LogP contribution in [0.3, 0.4) is 0 Å². The number of aliphatic hydroxyl groups is 2. The summed E-state index contributed by atoms with van der Waals surface area (Å²) in [5.41, 5.74) is 0.869. The standard InChI is InChI=1S/C14H15BrO5/c1-19-13-11(17)12(20-14(13)18)10(16)7-6-8-4-2-3-5-9(8)15/h2-7,10-13,16-17H,1H3/b7-6+/t10-,11?,12+,13-/m1/s1. The zero-order chi connectivity index (χ0) is 14.7. The Hall–Kier alpha value is -1.21. The molecule has 6 heteroatoms. The molecule has 4 atom stereocenters. The Bertz CT molecular complexity index is 516. The Morgan fingerprint density at radius 1 is 1.45 bits per heavy atom. The van der Waals surface area contributed by atoms with Gasteiger partial charge in [-0.3, -0.25) is 0 Å². The van der Waals surface area contributed by atoms with Crippen LogP contribution in [0.15, 0.2) is 34.8 Å². The smallest absolute Gasteiger partial charge is 0.338 e. The zero-order valence-electron chi connectivity index (χ0n) is 10.8. The van der Waals surface area contributed by atoms with Gasteiger partial charge in [0.25, 0.3) is 0 Å². The monoisotopic (exact) mass is 342 g/mol. The molecule has 1 fully saturated rings. The van der Waals surface area contributed by atoms with E-state index >= 15 is 0 Å². The number of cyclic esters (lactones) is 1. The van der Waals surface area contributed by atoms with E-state index < -0.39 is 30.4 Å². The van der Waals surface area contributed by atoms with Gasteiger partial charge in [0.15, 0.2) is 12.2 Å². The molecule has 0 amide bonds. The first-order valence-corrected chi connectivity index (χ1v) is 6.86. The van der Waals surface area contributed by atoms with E-state index in [4.69, 9.17) is 9.47 Å². The number of rotatable bonds is 4. The maximum atomic E-state index is 11.4. The predicted molar refractivity (Wildman–Crippen MR) is 75.9 cm³/mol. The minimum absolute atomic E-state index is 0.668. The van der Waals surface area contributed by atoms with E-state index in [1.165, 1.54) is 13.2 Å². The molecule has 1 aromatic rings. The normalized spacial score (nSPS) is 27.8. The van der Waals surface area contributed by atoms with E-state index in [0.717, 1.165) is 10.0 Å². The van der Waals surface area contributed by atoms with Crippen molar-refractivity contribution in [2.75, 3.05) is 7.11 Å². The van der Waals surface area contributed by atoms with Crippen LogP contribution >= 0.6 is 15.9 Å². The lowest BCUT2D eigenvalue weighted by molar-refractivity contribution is -0.150. The number of halogens is 1. The fraction of sp³-hybridized carbons (Fsp3) is 0.357. The Labute approximate surface area is 125 Å². The van der Waals surface area contributed by atoms with Crippen molar-refractivity contribution in [2.24, 2.45) is 0 Å². The number of methoxy groups -OCH3 is 1. The highest BCUT2D eigenvalue weighted by molar-refractivity contribution is 9.10. The van der Waals surface area contributed by atoms with Crippen molar-refractivity contribution in [1.29, 1.82) is 0 Å². The molecule has 1 heterocycles. The second kappa shape index (κ2) is 6.49. The van der Waals surface area contributed by atoms with Gasteiger partial charge in [-0.2, -0.15) is 0 Å². The average molecular weight is 343 g/mol. The van der Waals surface area contributed by atoms with Gasteiger partial charge in [-0.05, 0) is 11.6 Å². The first-order valence-electron chi connectivity index (χ1n) is 6.06. The van der Waals surface area contributed by atoms with Crippen molar-refractivity contribution in [3.05, 3.63) is 40.4 Å². The number of hydrogen-bond acceptors (Lipinski definition) is 5. The van der Waals surface area contributed by atoms with Gasteiger partial charge in [0.05, 0.1) is 0 Å². The molecule has 0 spiro atoms. The summed E-state index contributed by atoms with van der Waals surface area (Å²) in [6.07, 6.45) is -1.21. The van der Waals surface area contributed by atoms with E-state index in [0.29, 0.717) is 0 Å². The molecule has 2 rings (SSSR count). The minimum Gasteiger partial charge on any atom is -0.454 e. The maximum Gasteiger partial charge on any atom is 0.338 e. The van der Waals surface area contributed by atoms with E-state index in [1.807, 2.05) is 24.3 Å². The highest BCUT2D eigenvalue weighted by Crippen LogP contribution is 2.23. The largest absolute Gasteiger partial charge is 0.454 e. The number of hydrogen-bond donors (Lipinski definition) is 2. The predicted octanol–water partition coefficient (Wildman–Crippen LogP) is 1.12. The van der Waals surface area contributed by atoms with Crippen LogP contribution in [0.2, 0.25) is 0 Å². The Morgan fingerprint density at radius 2 is 2.15 bits per heavy atom. The lowest BCUT2D eigenvalue weighted by atomic mass is 10.0. The fourth-order valence-electron chi connectivity index (χ4n) is 2.01. The second-order valence-electron chi connectivity index (χ2n) is 4.42. The van der Waals surface area contributed by atoms with Crippen molar-refractivity contribution in [3.63, 3.8) is 0 Å². The third-order valence-corrected chi connectivity index (χ3v) is 3.82. The lowest BCUT2D eigenvalue weighted by Crippen LogP contribution is -2.38. The molecular weight excluding hydrogens is 328 g/mol. The number of benzene rings is 1. The van der Waals surface area contributed by atoms with Crippen LogP contribution in [0, 0.1) is 0 Å². The molecule has 1 saturated heterocycles. The molecule has 0 saturated carbocycles. The highest BCUT2D eigenvalue weighted by Gasteiger charge is 2.46. The maximum absolute atomic E-state index is 11.4. The van der Waals surface area contributed by atoms with Crippen LogP contribution in [0.4, 0.5) is 0 Å². The molecule has 0 bridgehead atoms. The first-order chi connectivity index (χ1) is 9.54. The van der Waals surface area contributed by atoms with Gasteiger partial charge in [-0.1, -0.05) is 46.3 Å². The van der Waals surface area contributed by atoms with E-state index in [2.05, 4.69) is 15.9 Å². The van der Waals surface area contributed by atoms with Crippen LogP contribution in [-0.2, 0) is 14.3 Å². The number of aliphatic hydroxyl groups excluding tert-OH is 2. The highest BCUT2D eigenvalue weighted by atomic mass is 79.9. The van der Waals surface area contributed by atoms with Crippen LogP contribution in [0.5, 0.6) is 0 Å². The van der Waals surface area contributed by atoms with Gasteiger partial charge in [0, 0.05) is 11.6 Å². The van der Waals surface area contributed by atoms with Crippen molar-refractivity contribution < 1.29 is 24.5 Å². The molecule has 20 heavy (non-hydrogen) atoms. The number of ether oxygens (including phenoxy) is 2. The third-order valence-electron chi connectivity index (χ3n) is 3.10. The van der Waals surface area contributed by atoms with Crippen molar-refractivity contribution in [1.82, 2.24) is 0 Å². The summed E-state index contributed by atoms with van der Waals surface area (Å²) in [6, 6.07) is 7.48. The second-order valence-corrected chi connectivity index (χ2v) is 5.27. The quantitative estimate of drug-likeness (QED) is 0.802. The summed E-state index contributed by atoms with van der Waals surface area (Å²) in [7, 11) is 1.31. The molecule has 0 aliphatic carbocycles. The summed E-state index contributed by atoms with van der Waals surface area (Å²) in [6.45, 7) is 0. The average Bonchev–Trinajstić information content (AvgIpc) is 2.72. The van der Waals surface area contributed by atoms with Gasteiger partial charge >= 0.3 is 5.97 Å². The molecule has 1 unspecified atom stereocenters. The van der Waals surface area contributed by atoms with Crippen LogP contribution in [0.25, 0.3) is 6.08 Å². The van der Waals surface area contributed by atoms with E-state index in [9.17, 15) is 15.0 Å². The van der Waals surface area contributed by atoms with Crippen LogP contribution in [0.1, 0.15) is 5.56 Å². The number of esters is 1. The first kappa shape index (κ1) is 15.2. The molecule has 5 nitrogen and oxygen atoms in total. The van der Waals surface area contributed by atoms with Crippen molar-refractivity contribution in [2.45, 2.75) is 24.4 Å². The van der Waals surface area contributed by atoms with E-state index in [1.54, 1.807) is 6.08 Å².